The van der Waals surface area contributed by atoms with Crippen LogP contribution in [0.25, 0.3) is 22.0 Å². The van der Waals surface area contributed by atoms with Gasteiger partial charge < -0.3 is 10.1 Å². The van der Waals surface area contributed by atoms with Crippen molar-refractivity contribution in [3.63, 3.8) is 0 Å². The average Bonchev–Trinajstić information content (AvgIpc) is 3.16. The van der Waals surface area contributed by atoms with E-state index >= 15 is 0 Å². The maximum atomic E-state index is 14.1. The van der Waals surface area contributed by atoms with Crippen molar-refractivity contribution in [3.05, 3.63) is 76.1 Å². The summed E-state index contributed by atoms with van der Waals surface area (Å²) >= 11 is 6.49. The zero-order valence-corrected chi connectivity index (χ0v) is 24.9. The Morgan fingerprint density at radius 1 is 1.17 bits per heavy atom. The van der Waals surface area contributed by atoms with Gasteiger partial charge in [-0.3, -0.25) is 14.4 Å². The third-order valence-electron chi connectivity index (χ3n) is 5.94. The summed E-state index contributed by atoms with van der Waals surface area (Å²) in [6.07, 6.45) is 1.39. The Morgan fingerprint density at radius 2 is 1.83 bits per heavy atom. The van der Waals surface area contributed by atoms with E-state index in [0.717, 1.165) is 24.5 Å². The largest absolute Gasteiger partial charge is 0.444 e. The van der Waals surface area contributed by atoms with Gasteiger partial charge in [0.25, 0.3) is 0 Å². The fraction of sp³-hybridized carbons (Fsp3) is 0.286. The zero-order chi connectivity index (χ0) is 31.0. The standard InChI is InChI=1S/C28H27ClF2N6O4S/c1-28(2,3)41-27(38)34-22(11-15-8-17(30)12-18(31)9-15)24-20(10-16(13-32)14-33-24)19-6-7-21(29)23-25(19)37(4)35-26(23)36-42(5,39)40/h6-10,12,14,22H,11H2,1-5H3,(H,34,38)(H,35,36). The lowest BCUT2D eigenvalue weighted by Crippen LogP contribution is -2.36. The lowest BCUT2D eigenvalue weighted by Gasteiger charge is -2.25. The SMILES string of the molecule is Cn1nc(NS(C)(=O)=O)c2c(Cl)ccc(-c3cc(C#N)cnc3C(Cc3cc(F)cc(F)c3)NC(=O)OC(C)(C)C)c21. The average molecular weight is 617 g/mol. The molecule has 14 heteroatoms. The molecular formula is C28H27ClF2N6O4S. The first-order chi connectivity index (χ1) is 19.5. The van der Waals surface area contributed by atoms with Crippen molar-refractivity contribution in [2.24, 2.45) is 7.05 Å². The first-order valence-corrected chi connectivity index (χ1v) is 14.8. The van der Waals surface area contributed by atoms with Crippen LogP contribution in [0.3, 0.4) is 0 Å². The van der Waals surface area contributed by atoms with E-state index in [0.29, 0.717) is 22.0 Å². The Morgan fingerprint density at radius 3 is 2.43 bits per heavy atom. The highest BCUT2D eigenvalue weighted by Crippen LogP contribution is 2.40. The second-order valence-corrected chi connectivity index (χ2v) is 12.8. The number of hydrogen-bond donors (Lipinski definition) is 2. The van der Waals surface area contributed by atoms with Crippen LogP contribution in [0, 0.1) is 23.0 Å². The number of nitrogens with zero attached hydrogens (tertiary/aromatic N) is 4. The third kappa shape index (κ3) is 7.13. The summed E-state index contributed by atoms with van der Waals surface area (Å²) in [7, 11) is -2.13. The number of sulfonamides is 1. The summed E-state index contributed by atoms with van der Waals surface area (Å²) in [6.45, 7) is 5.05. The Hall–Kier alpha value is -4.28. The zero-order valence-electron chi connectivity index (χ0n) is 23.3. The number of carbonyl (C=O) groups is 1. The van der Waals surface area contributed by atoms with E-state index in [1.165, 1.54) is 23.0 Å². The van der Waals surface area contributed by atoms with Gasteiger partial charge in [0.05, 0.1) is 39.5 Å². The molecule has 2 aromatic heterocycles. The molecular weight excluding hydrogens is 590 g/mol. The number of fused-ring (bicyclic) bond motifs is 1. The minimum absolute atomic E-state index is 0.00790. The van der Waals surface area contributed by atoms with Gasteiger partial charge in [0, 0.05) is 30.4 Å². The summed E-state index contributed by atoms with van der Waals surface area (Å²) in [5, 5.41) is 17.2. The van der Waals surface area contributed by atoms with Crippen LogP contribution in [0.4, 0.5) is 19.4 Å². The molecule has 1 atom stereocenters. The minimum Gasteiger partial charge on any atom is -0.444 e. The molecule has 2 aromatic carbocycles. The number of nitriles is 1. The molecule has 0 spiro atoms. The second kappa shape index (κ2) is 11.5. The summed E-state index contributed by atoms with van der Waals surface area (Å²) in [5.41, 5.74) is 1.02. The number of pyridine rings is 1. The van der Waals surface area contributed by atoms with Crippen molar-refractivity contribution >= 4 is 44.4 Å². The molecule has 42 heavy (non-hydrogen) atoms. The van der Waals surface area contributed by atoms with Crippen molar-refractivity contribution < 1.29 is 26.7 Å². The predicted molar refractivity (Wildman–Crippen MR) is 154 cm³/mol. The molecule has 4 aromatic rings. The molecule has 220 valence electrons. The number of halogens is 3. The molecule has 0 saturated carbocycles. The molecule has 1 unspecified atom stereocenters. The van der Waals surface area contributed by atoms with Gasteiger partial charge in [-0.25, -0.2) is 22.0 Å². The van der Waals surface area contributed by atoms with Crippen LogP contribution in [0.2, 0.25) is 5.02 Å². The normalized spacial score (nSPS) is 12.5. The number of amides is 1. The fourth-order valence-electron chi connectivity index (χ4n) is 4.50. The van der Waals surface area contributed by atoms with Crippen molar-refractivity contribution in [2.45, 2.75) is 38.8 Å². The van der Waals surface area contributed by atoms with Crippen molar-refractivity contribution in [1.29, 1.82) is 5.26 Å². The number of benzene rings is 2. The first kappa shape index (κ1) is 30.7. The number of hydrogen-bond acceptors (Lipinski definition) is 7. The van der Waals surface area contributed by atoms with E-state index in [9.17, 15) is 27.3 Å². The summed E-state index contributed by atoms with van der Waals surface area (Å²) in [4.78, 5) is 17.4. The Bertz CT molecular complexity index is 1830. The molecule has 0 fully saturated rings. The van der Waals surface area contributed by atoms with Gasteiger partial charge in [-0.15, -0.1) is 0 Å². The topological polar surface area (TPSA) is 139 Å². The predicted octanol–water partition coefficient (Wildman–Crippen LogP) is 5.62. The molecule has 10 nitrogen and oxygen atoms in total. The number of carbonyl (C=O) groups excluding carboxylic acids is 1. The molecule has 2 N–H and O–H groups in total. The lowest BCUT2D eigenvalue weighted by atomic mass is 9.93. The smallest absolute Gasteiger partial charge is 0.408 e. The third-order valence-corrected chi connectivity index (χ3v) is 6.82. The molecule has 0 aliphatic rings. The summed E-state index contributed by atoms with van der Waals surface area (Å²) in [6, 6.07) is 8.78. The van der Waals surface area contributed by atoms with Crippen LogP contribution >= 0.6 is 11.6 Å². The summed E-state index contributed by atoms with van der Waals surface area (Å²) < 4.78 is 61.5. The highest BCUT2D eigenvalue weighted by Gasteiger charge is 2.27. The first-order valence-electron chi connectivity index (χ1n) is 12.5. The van der Waals surface area contributed by atoms with E-state index in [4.69, 9.17) is 16.3 Å². The fourth-order valence-corrected chi connectivity index (χ4v) is 5.24. The van der Waals surface area contributed by atoms with E-state index < -0.39 is 39.4 Å². The van der Waals surface area contributed by atoms with E-state index in [-0.39, 0.29) is 34.1 Å². The van der Waals surface area contributed by atoms with Crippen LogP contribution in [-0.4, -0.2) is 41.1 Å². The maximum absolute atomic E-state index is 14.1. The number of ether oxygens (including phenoxy) is 1. The monoisotopic (exact) mass is 616 g/mol. The molecule has 2 heterocycles. The highest BCUT2D eigenvalue weighted by molar-refractivity contribution is 7.92. The van der Waals surface area contributed by atoms with Crippen LogP contribution in [0.15, 0.2) is 42.6 Å². The van der Waals surface area contributed by atoms with Gasteiger partial charge in [-0.1, -0.05) is 17.7 Å². The Labute approximate surface area is 246 Å². The van der Waals surface area contributed by atoms with Crippen LogP contribution in [0.5, 0.6) is 0 Å². The van der Waals surface area contributed by atoms with Gasteiger partial charge in [0.15, 0.2) is 5.82 Å². The quantitative estimate of drug-likeness (QED) is 0.275. The number of nitrogens with one attached hydrogen (secondary N) is 2. The molecule has 0 aliphatic heterocycles. The molecule has 0 bridgehead atoms. The minimum atomic E-state index is -3.71. The number of rotatable bonds is 7. The van der Waals surface area contributed by atoms with Crippen LogP contribution in [0.1, 0.15) is 43.6 Å². The van der Waals surface area contributed by atoms with Crippen molar-refractivity contribution in [1.82, 2.24) is 20.1 Å². The molecule has 0 saturated heterocycles. The van der Waals surface area contributed by atoms with Gasteiger partial charge in [-0.2, -0.15) is 10.4 Å². The van der Waals surface area contributed by atoms with E-state index in [2.05, 4.69) is 20.1 Å². The van der Waals surface area contributed by atoms with Crippen molar-refractivity contribution in [2.75, 3.05) is 11.0 Å². The van der Waals surface area contributed by atoms with Crippen LogP contribution in [-0.2, 0) is 28.2 Å². The van der Waals surface area contributed by atoms with Gasteiger partial charge in [-0.05, 0) is 57.0 Å². The molecule has 1 amide bonds. The number of aryl methyl sites for hydroxylation is 1. The molecule has 4 rings (SSSR count). The van der Waals surface area contributed by atoms with Crippen LogP contribution < -0.4 is 10.0 Å². The number of anilines is 1. The second-order valence-electron chi connectivity index (χ2n) is 10.6. The molecule has 0 aliphatic carbocycles. The van der Waals surface area contributed by atoms with Gasteiger partial charge in [0.1, 0.15) is 23.3 Å². The van der Waals surface area contributed by atoms with Crippen molar-refractivity contribution in [3.8, 4) is 17.2 Å². The Kier molecular flexibility index (Phi) is 8.43. The van der Waals surface area contributed by atoms with Gasteiger partial charge in [0.2, 0.25) is 10.0 Å². The van der Waals surface area contributed by atoms with E-state index in [1.54, 1.807) is 33.9 Å². The number of alkyl carbamates (subject to hydrolysis) is 1. The van der Waals surface area contributed by atoms with Gasteiger partial charge >= 0.3 is 6.09 Å². The highest BCUT2D eigenvalue weighted by atomic mass is 35.5. The lowest BCUT2D eigenvalue weighted by molar-refractivity contribution is 0.0502. The maximum Gasteiger partial charge on any atom is 0.408 e. The molecule has 0 radical (unpaired) electrons. The summed E-state index contributed by atoms with van der Waals surface area (Å²) in [5.74, 6) is -1.60. The number of aromatic nitrogens is 3. The van der Waals surface area contributed by atoms with E-state index in [1.807, 2.05) is 6.07 Å². The Balaban J connectivity index is 1.96.